The molecule has 0 aliphatic rings. The smallest absolute Gasteiger partial charge is 0.305 e. The molecular formula is C11H18ClFO2. The second kappa shape index (κ2) is 9.97. The first-order valence-corrected chi connectivity index (χ1v) is 5.62. The predicted molar refractivity (Wildman–Crippen MR) is 59.4 cm³/mol. The summed E-state index contributed by atoms with van der Waals surface area (Å²) in [4.78, 5) is 10.7. The van der Waals surface area contributed by atoms with Crippen LogP contribution in [0.3, 0.4) is 0 Å². The molecule has 0 aromatic rings. The molecule has 88 valence electrons. The summed E-state index contributed by atoms with van der Waals surface area (Å²) in [5.41, 5.74) is 0. The minimum Gasteiger partial charge on any atom is -0.469 e. The van der Waals surface area contributed by atoms with Crippen molar-refractivity contribution in [2.45, 2.75) is 44.9 Å². The summed E-state index contributed by atoms with van der Waals surface area (Å²) in [6.07, 6.45) is 7.50. The van der Waals surface area contributed by atoms with Crippen LogP contribution >= 0.6 is 11.6 Å². The highest BCUT2D eigenvalue weighted by atomic mass is 35.5. The second-order valence-electron chi connectivity index (χ2n) is 3.38. The molecule has 0 spiro atoms. The van der Waals surface area contributed by atoms with Crippen molar-refractivity contribution < 1.29 is 13.9 Å². The van der Waals surface area contributed by atoms with Crippen LogP contribution in [-0.4, -0.2) is 13.1 Å². The number of hydrogen-bond donors (Lipinski definition) is 0. The largest absolute Gasteiger partial charge is 0.469 e. The van der Waals surface area contributed by atoms with Gasteiger partial charge in [-0.2, -0.15) is 4.39 Å². The lowest BCUT2D eigenvalue weighted by molar-refractivity contribution is -0.140. The normalized spacial score (nSPS) is 11.5. The Kier molecular flexibility index (Phi) is 9.59. The van der Waals surface area contributed by atoms with Crippen LogP contribution in [0.5, 0.6) is 0 Å². The van der Waals surface area contributed by atoms with Crippen LogP contribution in [0, 0.1) is 0 Å². The zero-order valence-electron chi connectivity index (χ0n) is 9.10. The molecule has 0 N–H and O–H groups in total. The Balaban J connectivity index is 3.12. The van der Waals surface area contributed by atoms with Gasteiger partial charge in [0.05, 0.1) is 7.11 Å². The van der Waals surface area contributed by atoms with E-state index < -0.39 is 5.29 Å². The Bertz CT molecular complexity index is 201. The van der Waals surface area contributed by atoms with Crippen LogP contribution in [0.4, 0.5) is 4.39 Å². The third kappa shape index (κ3) is 11.4. The van der Waals surface area contributed by atoms with Gasteiger partial charge in [0.15, 0.2) is 5.29 Å². The van der Waals surface area contributed by atoms with Crippen molar-refractivity contribution in [3.8, 4) is 0 Å². The Morgan fingerprint density at radius 1 is 1.27 bits per heavy atom. The van der Waals surface area contributed by atoms with Crippen LogP contribution in [0.15, 0.2) is 11.4 Å². The number of unbranched alkanes of at least 4 members (excludes halogenated alkanes) is 5. The highest BCUT2D eigenvalue weighted by Gasteiger charge is 1.98. The standard InChI is InChI=1S/C11H18ClFO2/c1-15-11(14)9-7-5-3-2-4-6-8-10(12)13/h8H,2-7,9H2,1H3/b10-8+. The molecule has 0 aromatic heterocycles. The average molecular weight is 237 g/mol. The molecule has 0 aliphatic heterocycles. The molecule has 0 aromatic carbocycles. The van der Waals surface area contributed by atoms with Gasteiger partial charge in [0, 0.05) is 6.42 Å². The number of hydrogen-bond acceptors (Lipinski definition) is 2. The molecule has 15 heavy (non-hydrogen) atoms. The van der Waals surface area contributed by atoms with Crippen molar-refractivity contribution in [1.82, 2.24) is 0 Å². The van der Waals surface area contributed by atoms with Crippen molar-refractivity contribution in [2.24, 2.45) is 0 Å². The van der Waals surface area contributed by atoms with E-state index in [1.807, 2.05) is 0 Å². The Hall–Kier alpha value is -0.570. The number of methoxy groups -OCH3 is 1. The summed E-state index contributed by atoms with van der Waals surface area (Å²) < 4.78 is 16.6. The van der Waals surface area contributed by atoms with Crippen LogP contribution in [-0.2, 0) is 9.53 Å². The Morgan fingerprint density at radius 2 is 1.87 bits per heavy atom. The van der Waals surface area contributed by atoms with Crippen LogP contribution in [0.25, 0.3) is 0 Å². The van der Waals surface area contributed by atoms with E-state index in [-0.39, 0.29) is 5.97 Å². The summed E-state index contributed by atoms with van der Waals surface area (Å²) in [5.74, 6) is -0.151. The topological polar surface area (TPSA) is 26.3 Å². The van der Waals surface area contributed by atoms with Crippen LogP contribution in [0.2, 0.25) is 0 Å². The molecule has 4 heteroatoms. The van der Waals surface area contributed by atoms with Crippen molar-refractivity contribution in [3.63, 3.8) is 0 Å². The lowest BCUT2D eigenvalue weighted by Crippen LogP contribution is -1.98. The number of esters is 1. The van der Waals surface area contributed by atoms with E-state index in [0.29, 0.717) is 12.8 Å². The predicted octanol–water partition coefficient (Wildman–Crippen LogP) is 3.94. The minimum atomic E-state index is -0.624. The monoisotopic (exact) mass is 236 g/mol. The summed E-state index contributed by atoms with van der Waals surface area (Å²) in [6, 6.07) is 0. The molecule has 0 rings (SSSR count). The summed E-state index contributed by atoms with van der Waals surface area (Å²) in [6.45, 7) is 0. The lowest BCUT2D eigenvalue weighted by atomic mass is 10.1. The Labute approximate surface area is 95.4 Å². The maximum Gasteiger partial charge on any atom is 0.305 e. The SMILES string of the molecule is COC(=O)CCCCCCC/C=C(/F)Cl. The van der Waals surface area contributed by atoms with Crippen molar-refractivity contribution in [2.75, 3.05) is 7.11 Å². The third-order valence-corrected chi connectivity index (χ3v) is 2.27. The average Bonchev–Trinajstić information content (AvgIpc) is 2.21. The van der Waals surface area contributed by atoms with E-state index in [9.17, 15) is 9.18 Å². The second-order valence-corrected chi connectivity index (χ2v) is 3.74. The van der Waals surface area contributed by atoms with Gasteiger partial charge in [0.25, 0.3) is 0 Å². The molecule has 0 fully saturated rings. The molecular weight excluding hydrogens is 219 g/mol. The fourth-order valence-electron chi connectivity index (χ4n) is 1.26. The van der Waals surface area contributed by atoms with Gasteiger partial charge in [-0.05, 0) is 25.3 Å². The first-order valence-electron chi connectivity index (χ1n) is 5.24. The summed E-state index contributed by atoms with van der Waals surface area (Å²) >= 11 is 5.03. The first-order chi connectivity index (χ1) is 7.16. The zero-order valence-corrected chi connectivity index (χ0v) is 9.86. The third-order valence-electron chi connectivity index (χ3n) is 2.11. The van der Waals surface area contributed by atoms with E-state index in [1.54, 1.807) is 0 Å². The van der Waals surface area contributed by atoms with Crippen LogP contribution in [0.1, 0.15) is 44.9 Å². The van der Waals surface area contributed by atoms with Gasteiger partial charge in [0.2, 0.25) is 0 Å². The molecule has 0 unspecified atom stereocenters. The van der Waals surface area contributed by atoms with Gasteiger partial charge in [0.1, 0.15) is 0 Å². The maximum absolute atomic E-state index is 12.0. The van der Waals surface area contributed by atoms with Crippen LogP contribution < -0.4 is 0 Å². The number of rotatable bonds is 8. The first kappa shape index (κ1) is 14.4. The summed E-state index contributed by atoms with van der Waals surface area (Å²) in [7, 11) is 1.40. The molecule has 0 amide bonds. The fourth-order valence-corrected chi connectivity index (χ4v) is 1.37. The van der Waals surface area contributed by atoms with E-state index in [2.05, 4.69) is 4.74 Å². The molecule has 0 atom stereocenters. The molecule has 0 aliphatic carbocycles. The number of halogens is 2. The zero-order chi connectivity index (χ0) is 11.5. The quantitative estimate of drug-likeness (QED) is 0.471. The van der Waals surface area contributed by atoms with Crippen molar-refractivity contribution in [3.05, 3.63) is 11.4 Å². The summed E-state index contributed by atoms with van der Waals surface area (Å²) in [5, 5.41) is -0.624. The van der Waals surface area contributed by atoms with Gasteiger partial charge in [-0.15, -0.1) is 0 Å². The van der Waals surface area contributed by atoms with Gasteiger partial charge in [-0.3, -0.25) is 4.79 Å². The number of allylic oxidation sites excluding steroid dienone is 1. The number of carbonyl (C=O) groups excluding carboxylic acids is 1. The fraction of sp³-hybridized carbons (Fsp3) is 0.727. The maximum atomic E-state index is 12.0. The van der Waals surface area contributed by atoms with E-state index >= 15 is 0 Å². The molecule has 2 nitrogen and oxygen atoms in total. The number of carbonyl (C=O) groups is 1. The molecule has 0 heterocycles. The number of ether oxygens (including phenoxy) is 1. The Morgan fingerprint density at radius 3 is 2.47 bits per heavy atom. The van der Waals surface area contributed by atoms with Gasteiger partial charge < -0.3 is 4.74 Å². The molecule has 0 radical (unpaired) electrons. The van der Waals surface area contributed by atoms with Crippen molar-refractivity contribution in [1.29, 1.82) is 0 Å². The van der Waals surface area contributed by atoms with Gasteiger partial charge in [-0.25, -0.2) is 0 Å². The van der Waals surface area contributed by atoms with Gasteiger partial charge >= 0.3 is 5.97 Å². The molecule has 0 bridgehead atoms. The van der Waals surface area contributed by atoms with E-state index in [0.717, 1.165) is 32.1 Å². The minimum absolute atomic E-state index is 0.151. The molecule has 0 saturated carbocycles. The highest BCUT2D eigenvalue weighted by Crippen LogP contribution is 2.10. The van der Waals surface area contributed by atoms with E-state index in [1.165, 1.54) is 13.2 Å². The molecule has 0 saturated heterocycles. The van der Waals surface area contributed by atoms with E-state index in [4.69, 9.17) is 11.6 Å². The lowest BCUT2D eigenvalue weighted by Gasteiger charge is -1.99. The highest BCUT2D eigenvalue weighted by molar-refractivity contribution is 6.28. The van der Waals surface area contributed by atoms with Gasteiger partial charge in [-0.1, -0.05) is 30.9 Å². The van der Waals surface area contributed by atoms with Crippen molar-refractivity contribution >= 4 is 17.6 Å².